The maximum Gasteiger partial charge on any atom is 0.295 e. The summed E-state index contributed by atoms with van der Waals surface area (Å²) in [5.41, 5.74) is 2.11. The zero-order valence-corrected chi connectivity index (χ0v) is 19.9. The monoisotopic (exact) mass is 452 g/mol. The Hall–Kier alpha value is -3.32. The molecule has 1 fully saturated rings. The number of aliphatic hydroxyl groups is 1. The number of amides is 1. The van der Waals surface area contributed by atoms with Crippen LogP contribution in [0.2, 0.25) is 0 Å². The molecule has 1 aliphatic heterocycles. The van der Waals surface area contributed by atoms with Gasteiger partial charge in [-0.2, -0.15) is 0 Å². The van der Waals surface area contributed by atoms with Gasteiger partial charge in [-0.3, -0.25) is 9.59 Å². The molecule has 0 radical (unpaired) electrons. The summed E-state index contributed by atoms with van der Waals surface area (Å²) in [7, 11) is 5.39. The van der Waals surface area contributed by atoms with Crippen molar-refractivity contribution < 1.29 is 24.2 Å². The Morgan fingerprint density at radius 3 is 2.39 bits per heavy atom. The van der Waals surface area contributed by atoms with E-state index < -0.39 is 17.7 Å². The van der Waals surface area contributed by atoms with Crippen LogP contribution in [-0.4, -0.2) is 67.5 Å². The lowest BCUT2D eigenvalue weighted by molar-refractivity contribution is -0.140. The number of likely N-dealkylation sites (N-methyl/N-ethyl adjacent to an activating group) is 1. The zero-order chi connectivity index (χ0) is 24.1. The van der Waals surface area contributed by atoms with Crippen molar-refractivity contribution in [2.45, 2.75) is 26.3 Å². The van der Waals surface area contributed by atoms with Crippen molar-refractivity contribution in [1.82, 2.24) is 9.80 Å². The van der Waals surface area contributed by atoms with Crippen LogP contribution >= 0.6 is 0 Å². The molecule has 2 aromatic carbocycles. The number of hydrogen-bond donors (Lipinski definition) is 1. The van der Waals surface area contributed by atoms with E-state index in [1.54, 1.807) is 25.3 Å². The minimum absolute atomic E-state index is 0.0885. The number of carbonyl (C=O) groups is 2. The number of benzene rings is 2. The number of nitrogens with zero attached hydrogens (tertiary/aromatic N) is 2. The van der Waals surface area contributed by atoms with Gasteiger partial charge < -0.3 is 24.4 Å². The SMILES string of the molecule is CCCOc1ccc(C2/C(=C(\O)c3ccc(OC)c(C)c3)C(=O)C(=O)N2CCN(C)C)cc1. The fourth-order valence-corrected chi connectivity index (χ4v) is 3.91. The van der Waals surface area contributed by atoms with Crippen molar-refractivity contribution in [3.05, 3.63) is 64.7 Å². The van der Waals surface area contributed by atoms with E-state index in [0.29, 0.717) is 31.0 Å². The molecule has 1 atom stereocenters. The van der Waals surface area contributed by atoms with Crippen LogP contribution in [0.3, 0.4) is 0 Å². The molecule has 0 aromatic heterocycles. The zero-order valence-electron chi connectivity index (χ0n) is 19.9. The van der Waals surface area contributed by atoms with Crippen molar-refractivity contribution >= 4 is 17.4 Å². The Bertz CT molecular complexity index is 1040. The average Bonchev–Trinajstić information content (AvgIpc) is 3.06. The molecule has 0 saturated carbocycles. The predicted octanol–water partition coefficient (Wildman–Crippen LogP) is 3.78. The van der Waals surface area contributed by atoms with Crippen molar-refractivity contribution in [2.24, 2.45) is 0 Å². The molecule has 7 nitrogen and oxygen atoms in total. The van der Waals surface area contributed by atoms with E-state index in [1.807, 2.05) is 57.1 Å². The molecule has 1 heterocycles. The van der Waals surface area contributed by atoms with E-state index >= 15 is 0 Å². The normalized spacial score (nSPS) is 17.6. The average molecular weight is 453 g/mol. The Morgan fingerprint density at radius 1 is 1.12 bits per heavy atom. The first kappa shape index (κ1) is 24.3. The lowest BCUT2D eigenvalue weighted by Crippen LogP contribution is -2.35. The predicted molar refractivity (Wildman–Crippen MR) is 128 cm³/mol. The number of hydrogen-bond acceptors (Lipinski definition) is 6. The number of ketones is 1. The molecule has 0 aliphatic carbocycles. The second-order valence-electron chi connectivity index (χ2n) is 8.40. The molecule has 0 bridgehead atoms. The van der Waals surface area contributed by atoms with Crippen molar-refractivity contribution in [3.8, 4) is 11.5 Å². The third-order valence-electron chi connectivity index (χ3n) is 5.67. The lowest BCUT2D eigenvalue weighted by Gasteiger charge is -2.26. The Balaban J connectivity index is 2.09. The number of rotatable bonds is 9. The Kier molecular flexibility index (Phi) is 7.76. The fraction of sp³-hybridized carbons (Fsp3) is 0.385. The van der Waals surface area contributed by atoms with E-state index in [1.165, 1.54) is 4.90 Å². The van der Waals surface area contributed by atoms with Crippen LogP contribution in [0.15, 0.2) is 48.0 Å². The standard InChI is InChI=1S/C26H32N2O5/c1-6-15-33-20-10-7-18(8-11-20)23-22(25(30)26(31)28(23)14-13-27(3)4)24(29)19-9-12-21(32-5)17(2)16-19/h7-12,16,23,29H,6,13-15H2,1-5H3/b24-22+. The van der Waals surface area contributed by atoms with Crippen LogP contribution in [0, 0.1) is 6.92 Å². The van der Waals surface area contributed by atoms with Gasteiger partial charge in [-0.1, -0.05) is 19.1 Å². The largest absolute Gasteiger partial charge is 0.507 e. The number of likely N-dealkylation sites (tertiary alicyclic amines) is 1. The lowest BCUT2D eigenvalue weighted by atomic mass is 9.94. The second kappa shape index (κ2) is 10.5. The van der Waals surface area contributed by atoms with Crippen LogP contribution < -0.4 is 9.47 Å². The summed E-state index contributed by atoms with van der Waals surface area (Å²) in [5, 5.41) is 11.2. The van der Waals surface area contributed by atoms with Gasteiger partial charge in [0, 0.05) is 18.7 Å². The molecule has 1 N–H and O–H groups in total. The number of Topliss-reactive ketones (excluding diaryl/α,β-unsaturated/α-hetero) is 1. The minimum Gasteiger partial charge on any atom is -0.507 e. The van der Waals surface area contributed by atoms with Crippen LogP contribution in [0.25, 0.3) is 5.76 Å². The molecule has 1 aliphatic rings. The number of aryl methyl sites for hydroxylation is 1. The summed E-state index contributed by atoms with van der Waals surface area (Å²) >= 11 is 0. The fourth-order valence-electron chi connectivity index (χ4n) is 3.91. The third-order valence-corrected chi connectivity index (χ3v) is 5.67. The molecule has 3 rings (SSSR count). The number of aliphatic hydroxyl groups excluding tert-OH is 1. The minimum atomic E-state index is -0.687. The van der Waals surface area contributed by atoms with Crippen LogP contribution in [0.5, 0.6) is 11.5 Å². The quantitative estimate of drug-likeness (QED) is 0.354. The molecule has 1 amide bonds. The highest BCUT2D eigenvalue weighted by Crippen LogP contribution is 2.40. The third kappa shape index (κ3) is 5.20. The van der Waals surface area contributed by atoms with Gasteiger partial charge in [-0.05, 0) is 68.9 Å². The second-order valence-corrected chi connectivity index (χ2v) is 8.40. The van der Waals surface area contributed by atoms with E-state index in [2.05, 4.69) is 0 Å². The topological polar surface area (TPSA) is 79.3 Å². The summed E-state index contributed by atoms with van der Waals surface area (Å²) in [4.78, 5) is 29.6. The first-order valence-corrected chi connectivity index (χ1v) is 11.1. The number of ether oxygens (including phenoxy) is 2. The Labute approximate surface area is 195 Å². The van der Waals surface area contributed by atoms with Crippen molar-refractivity contribution in [3.63, 3.8) is 0 Å². The Morgan fingerprint density at radius 2 is 1.82 bits per heavy atom. The van der Waals surface area contributed by atoms with Gasteiger partial charge in [0.15, 0.2) is 0 Å². The molecule has 176 valence electrons. The van der Waals surface area contributed by atoms with Crippen LogP contribution in [0.1, 0.15) is 36.1 Å². The molecule has 2 aromatic rings. The highest BCUT2D eigenvalue weighted by atomic mass is 16.5. The van der Waals surface area contributed by atoms with Gasteiger partial charge in [0.05, 0.1) is 25.3 Å². The first-order chi connectivity index (χ1) is 15.8. The molecular weight excluding hydrogens is 420 g/mol. The van der Waals surface area contributed by atoms with Gasteiger partial charge in [0.1, 0.15) is 17.3 Å². The van der Waals surface area contributed by atoms with Crippen LogP contribution in [0.4, 0.5) is 0 Å². The molecule has 1 saturated heterocycles. The summed E-state index contributed by atoms with van der Waals surface area (Å²) in [6, 6.07) is 11.8. The molecule has 1 unspecified atom stereocenters. The van der Waals surface area contributed by atoms with Crippen molar-refractivity contribution in [1.29, 1.82) is 0 Å². The first-order valence-electron chi connectivity index (χ1n) is 11.1. The van der Waals surface area contributed by atoms with Gasteiger partial charge in [-0.25, -0.2) is 0 Å². The van der Waals surface area contributed by atoms with Crippen molar-refractivity contribution in [2.75, 3.05) is 40.9 Å². The summed E-state index contributed by atoms with van der Waals surface area (Å²) in [6.45, 7) is 5.44. The maximum atomic E-state index is 13.1. The van der Waals surface area contributed by atoms with Gasteiger partial charge in [0.2, 0.25) is 0 Å². The summed E-state index contributed by atoms with van der Waals surface area (Å²) in [6.07, 6.45) is 0.897. The van der Waals surface area contributed by atoms with E-state index in [4.69, 9.17) is 9.47 Å². The maximum absolute atomic E-state index is 13.1. The number of methoxy groups -OCH3 is 1. The highest BCUT2D eigenvalue weighted by Gasteiger charge is 2.45. The molecule has 0 spiro atoms. The van der Waals surface area contributed by atoms with Gasteiger partial charge in [0.25, 0.3) is 11.7 Å². The molecular formula is C26H32N2O5. The van der Waals surface area contributed by atoms with Crippen LogP contribution in [-0.2, 0) is 9.59 Å². The van der Waals surface area contributed by atoms with Gasteiger partial charge >= 0.3 is 0 Å². The summed E-state index contributed by atoms with van der Waals surface area (Å²) in [5.74, 6) is -0.0902. The summed E-state index contributed by atoms with van der Waals surface area (Å²) < 4.78 is 11.0. The molecule has 7 heteroatoms. The molecule has 33 heavy (non-hydrogen) atoms. The van der Waals surface area contributed by atoms with E-state index in [0.717, 1.165) is 23.3 Å². The highest BCUT2D eigenvalue weighted by molar-refractivity contribution is 6.46. The van der Waals surface area contributed by atoms with E-state index in [9.17, 15) is 14.7 Å². The smallest absolute Gasteiger partial charge is 0.295 e. The number of carbonyl (C=O) groups excluding carboxylic acids is 2. The van der Waals surface area contributed by atoms with Gasteiger partial charge in [-0.15, -0.1) is 0 Å². The van der Waals surface area contributed by atoms with E-state index in [-0.39, 0.29) is 11.3 Å².